The second-order valence-corrected chi connectivity index (χ2v) is 48.2. The van der Waals surface area contributed by atoms with E-state index < -0.39 is 10.0 Å². The Balaban J connectivity index is 0.000000157. The number of nitrogens with one attached hydrogen (secondary N) is 7. The van der Waals surface area contributed by atoms with Crippen molar-refractivity contribution in [3.05, 3.63) is 157 Å². The first kappa shape index (κ1) is 116. The van der Waals surface area contributed by atoms with Crippen molar-refractivity contribution < 1.29 is 55.8 Å². The Morgan fingerprint density at radius 3 is 1.22 bits per heavy atom. The lowest BCUT2D eigenvalue weighted by Crippen LogP contribution is -2.38. The number of aromatic nitrogens is 10. The number of thiazole rings is 5. The maximum absolute atomic E-state index is 11.6. The van der Waals surface area contributed by atoms with Gasteiger partial charge >= 0.3 is 0 Å². The van der Waals surface area contributed by atoms with Crippen LogP contribution < -0.4 is 74.5 Å². The van der Waals surface area contributed by atoms with E-state index >= 15 is 0 Å². The van der Waals surface area contributed by atoms with Crippen molar-refractivity contribution in [3.8, 4) is 103 Å². The van der Waals surface area contributed by atoms with Crippen molar-refractivity contribution in [2.45, 2.75) is 218 Å². The van der Waals surface area contributed by atoms with Gasteiger partial charge in [0.15, 0.2) is 25.7 Å². The fraction of sp³-hybridized carbons (Fsp3) is 0.440. The summed E-state index contributed by atoms with van der Waals surface area (Å²) in [6.07, 6.45) is 1.11. The summed E-state index contributed by atoms with van der Waals surface area (Å²) in [5, 5.41) is 37.0. The molecule has 17 rings (SSSR count). The Bertz CT molecular complexity index is 7250. The molecule has 2 fully saturated rings. The minimum Gasteiger partial charge on any atom is -0.497 e. The average molecular weight is 2220 g/mol. The second kappa shape index (κ2) is 52.2. The zero-order valence-electron chi connectivity index (χ0n) is 89.7. The molecular formula is C109H137Cl3N20O12S6. The molecule has 0 bridgehead atoms. The van der Waals surface area contributed by atoms with Gasteiger partial charge in [0.1, 0.15) is 114 Å². The summed E-state index contributed by atoms with van der Waals surface area (Å²) in [6, 6.07) is 35.7. The average Bonchev–Trinajstić information content (AvgIpc) is 1.30. The molecule has 0 unspecified atom stereocenters. The van der Waals surface area contributed by atoms with E-state index in [4.69, 9.17) is 124 Å². The molecule has 2 aliphatic rings. The number of methoxy groups -OCH3 is 1. The number of benzene rings is 5. The zero-order chi connectivity index (χ0) is 108. The highest BCUT2D eigenvalue weighted by molar-refractivity contribution is 7.92. The zero-order valence-corrected chi connectivity index (χ0v) is 96.9. The molecule has 32 nitrogen and oxygen atoms in total. The SMILES string of the molecule is CC(C)Nc1nc(-c2cc(OC(C)(C)C)c3ccc(OCCN4CCOCC4)c(Cl)c3n2)cs1.CC(C)Nc1nc(-c2cc(OC(C)(C)C)c3ccc(OCCN4CCOCC4)cc3n2)cs1.CC(C)Nc1nc(-c2cc(OC(C)C)c3ccc(NS(C)(=O)=O)cc3n2)cs1.COc1ccc2c(OC(C)(C)C)cc(-c3nc(NC(C)C)sc3Cl)nc2c1.[C-]#[N+]CNc1ccc2c(OC(C)C)cc(-c3csc(NC(C)C)n3)nc2c1Cl. The summed E-state index contributed by atoms with van der Waals surface area (Å²) in [5.41, 5.74) is 10.9. The highest BCUT2D eigenvalue weighted by Crippen LogP contribution is 2.46. The lowest BCUT2D eigenvalue weighted by molar-refractivity contribution is 0.0322. The van der Waals surface area contributed by atoms with Gasteiger partial charge in [-0.25, -0.2) is 64.8 Å². The van der Waals surface area contributed by atoms with E-state index in [1.807, 2.05) is 188 Å². The van der Waals surface area contributed by atoms with Crippen LogP contribution in [-0.2, 0) is 19.5 Å². The molecule has 7 N–H and O–H groups in total. The van der Waals surface area contributed by atoms with Crippen LogP contribution in [0.4, 0.5) is 37.0 Å². The number of pyridine rings is 5. The molecule has 12 heterocycles. The number of hydrogen-bond donors (Lipinski definition) is 7. The third-order valence-electron chi connectivity index (χ3n) is 21.4. The maximum atomic E-state index is 11.6. The first-order chi connectivity index (χ1) is 71.1. The summed E-state index contributed by atoms with van der Waals surface area (Å²) in [5.74, 6) is 5.83. The van der Waals surface area contributed by atoms with Crippen molar-refractivity contribution in [1.82, 2.24) is 59.6 Å². The predicted molar refractivity (Wildman–Crippen MR) is 621 cm³/mol. The fourth-order valence-electron chi connectivity index (χ4n) is 15.3. The Morgan fingerprint density at radius 1 is 0.413 bits per heavy atom. The smallest absolute Gasteiger partial charge is 0.287 e. The fourth-order valence-corrected chi connectivity index (χ4v) is 21.0. The Morgan fingerprint density at radius 2 is 0.780 bits per heavy atom. The number of sulfonamides is 1. The van der Waals surface area contributed by atoms with Gasteiger partial charge in [0.2, 0.25) is 10.0 Å². The monoisotopic (exact) mass is 2210 g/mol. The van der Waals surface area contributed by atoms with Gasteiger partial charge in [-0.1, -0.05) is 46.1 Å². The molecule has 802 valence electrons. The Labute approximate surface area is 914 Å². The number of nitrogens with zero attached hydrogens (tertiary/aromatic N) is 13. The van der Waals surface area contributed by atoms with Crippen LogP contribution in [0.3, 0.4) is 0 Å². The summed E-state index contributed by atoms with van der Waals surface area (Å²) < 4.78 is 85.3. The number of ether oxygens (including phenoxy) is 10. The summed E-state index contributed by atoms with van der Waals surface area (Å²) in [6.45, 7) is 63.8. The molecule has 15 aromatic rings. The van der Waals surface area contributed by atoms with E-state index in [9.17, 15) is 8.42 Å². The maximum Gasteiger partial charge on any atom is 0.287 e. The predicted octanol–water partition coefficient (Wildman–Crippen LogP) is 27.1. The standard InChI is InChI=1S/C25H33ClN4O3S.C25H34N4O3S.C20H22ClN5OS.C20H24ClN3O2S.C19H24N4O3S2/c1-16(2)27-24-29-19(15-34-24)18-14-21(33-25(3,4)5)17-6-7-20(22(26)23(17)28-18)32-13-10-30-8-11-31-12-9-30;1-17(2)26-24-28-22(16-33-24)21-15-23(32-25(3,4)5)19-7-6-18(14-20(19)27-21)31-13-10-29-8-11-30-12-9-29;1-11(2)24-20-26-16(9-28-20)15-8-17(27-12(3)4)13-6-7-14(23-10-22-5)18(21)19(13)25-15;1-11(2)22-19-24-17(18(21)27-19)15-10-16(26-20(3,4)5)13-8-7-12(25-6)9-14(13)23-15;1-11(2)20-19-22-17(10-27-19)16-9-18(26-12(3)4)14-7-6-13(8-15(14)21-16)23-28(5,24)25/h6-7,14-16H,8-13H2,1-5H3,(H,27,29);6-7,14-17H,8-13H2,1-5H3,(H,26,28);6-9,11-12,23H,10H2,1-4H3,(H,24,26);7-11H,1-6H3,(H,22,24);6-12,23H,1-5H3,(H,20,22). The molecule has 10 aromatic heterocycles. The number of fused-ring (bicyclic) bond motifs is 5. The third kappa shape index (κ3) is 34.0. The molecule has 5 aromatic carbocycles. The highest BCUT2D eigenvalue weighted by atomic mass is 35.5. The number of anilines is 7. The van der Waals surface area contributed by atoms with Crippen molar-refractivity contribution in [3.63, 3.8) is 0 Å². The van der Waals surface area contributed by atoms with Gasteiger partial charge in [0.05, 0.1) is 124 Å². The van der Waals surface area contributed by atoms with Crippen LogP contribution >= 0.6 is 91.5 Å². The minimum atomic E-state index is -3.37. The van der Waals surface area contributed by atoms with E-state index in [1.165, 1.54) is 34.0 Å². The van der Waals surface area contributed by atoms with E-state index in [0.717, 1.165) is 193 Å². The molecule has 0 radical (unpaired) electrons. The molecule has 0 spiro atoms. The van der Waals surface area contributed by atoms with Crippen LogP contribution in [0.25, 0.3) is 116 Å². The first-order valence-corrected chi connectivity index (χ1v) is 57.3. The quantitative estimate of drug-likeness (QED) is 0.0181. The van der Waals surface area contributed by atoms with Gasteiger partial charge in [-0.3, -0.25) is 19.4 Å². The van der Waals surface area contributed by atoms with Crippen LogP contribution in [0.15, 0.2) is 131 Å². The molecule has 150 heavy (non-hydrogen) atoms. The van der Waals surface area contributed by atoms with Crippen LogP contribution in [0.1, 0.15) is 159 Å². The highest BCUT2D eigenvalue weighted by Gasteiger charge is 2.28. The molecule has 2 aliphatic heterocycles. The topological polar surface area (TPSA) is 350 Å². The van der Waals surface area contributed by atoms with Crippen molar-refractivity contribution in [2.24, 2.45) is 0 Å². The van der Waals surface area contributed by atoms with Gasteiger partial charge in [-0.05, 0) is 226 Å². The van der Waals surface area contributed by atoms with Crippen LogP contribution in [0.2, 0.25) is 14.4 Å². The summed E-state index contributed by atoms with van der Waals surface area (Å²) in [7, 11) is -1.74. The van der Waals surface area contributed by atoms with E-state index in [1.54, 1.807) is 41.9 Å². The third-order valence-corrected chi connectivity index (χ3v) is 27.0. The molecule has 0 saturated carbocycles. The van der Waals surface area contributed by atoms with Crippen LogP contribution in [0, 0.1) is 6.57 Å². The summed E-state index contributed by atoms with van der Waals surface area (Å²) >= 11 is 27.5. The lowest BCUT2D eigenvalue weighted by Gasteiger charge is -2.26. The lowest BCUT2D eigenvalue weighted by atomic mass is 10.1. The van der Waals surface area contributed by atoms with Gasteiger partial charge in [-0.2, -0.15) is 0 Å². The molecule has 0 amide bonds. The Kier molecular flexibility index (Phi) is 40.2. The number of halogens is 3. The molecule has 0 aliphatic carbocycles. The molecular weight excluding hydrogens is 2080 g/mol. The molecule has 2 saturated heterocycles. The second-order valence-electron chi connectivity index (χ2n) is 40.7. The van der Waals surface area contributed by atoms with Crippen LogP contribution in [0.5, 0.6) is 46.0 Å². The Hall–Kier alpha value is -11.6. The van der Waals surface area contributed by atoms with Crippen molar-refractivity contribution in [2.75, 3.05) is 136 Å². The largest absolute Gasteiger partial charge is 0.497 e. The number of rotatable bonds is 35. The van der Waals surface area contributed by atoms with Gasteiger partial charge in [0.25, 0.3) is 6.67 Å². The summed E-state index contributed by atoms with van der Waals surface area (Å²) in [4.78, 5) is 55.4. The number of hydrogen-bond acceptors (Lipinski definition) is 35. The van der Waals surface area contributed by atoms with Crippen LogP contribution in [-0.4, -0.2) is 226 Å². The van der Waals surface area contributed by atoms with Crippen molar-refractivity contribution >= 4 is 193 Å². The van der Waals surface area contributed by atoms with E-state index in [-0.39, 0.29) is 47.8 Å². The molecule has 41 heteroatoms. The molecule has 0 atom stereocenters. The normalized spacial score (nSPS) is 13.2. The van der Waals surface area contributed by atoms with Gasteiger partial charge in [0, 0.05) is 160 Å². The van der Waals surface area contributed by atoms with E-state index in [0.29, 0.717) is 119 Å². The van der Waals surface area contributed by atoms with E-state index in [2.05, 4.69) is 156 Å². The van der Waals surface area contributed by atoms with Gasteiger partial charge < -0.3 is 79.3 Å². The number of morpholine rings is 2. The van der Waals surface area contributed by atoms with Crippen molar-refractivity contribution in [1.29, 1.82) is 0 Å². The minimum absolute atomic E-state index is 0.00532. The first-order valence-electron chi connectivity index (χ1n) is 49.9. The van der Waals surface area contributed by atoms with Gasteiger partial charge in [-0.15, -0.1) is 45.3 Å².